The molecule has 0 bridgehead atoms. The Morgan fingerprint density at radius 3 is 2.40 bits per heavy atom. The van der Waals surface area contributed by atoms with Gasteiger partial charge < -0.3 is 16.0 Å². The van der Waals surface area contributed by atoms with Crippen molar-refractivity contribution >= 4 is 11.8 Å². The van der Waals surface area contributed by atoms with E-state index in [1.807, 2.05) is 6.92 Å². The van der Waals surface area contributed by atoms with Gasteiger partial charge in [0.25, 0.3) is 0 Å². The summed E-state index contributed by atoms with van der Waals surface area (Å²) in [6.45, 7) is 2.61. The van der Waals surface area contributed by atoms with Gasteiger partial charge in [-0.1, -0.05) is 13.3 Å². The van der Waals surface area contributed by atoms with Gasteiger partial charge in [-0.2, -0.15) is 0 Å². The molecule has 0 fully saturated rings. The first-order chi connectivity index (χ1) is 7.15. The van der Waals surface area contributed by atoms with Gasteiger partial charge in [-0.25, -0.2) is 0 Å². The van der Waals surface area contributed by atoms with Gasteiger partial charge in [0.15, 0.2) is 0 Å². The summed E-state index contributed by atoms with van der Waals surface area (Å²) in [5, 5.41) is 8.14. The highest BCUT2D eigenvalue weighted by Crippen LogP contribution is 1.97. The molecule has 1 unspecified atom stereocenters. The Bertz CT molecular complexity index is 207. The largest absolute Gasteiger partial charge is 0.357 e. The molecule has 0 radical (unpaired) electrons. The first-order valence-corrected chi connectivity index (χ1v) is 5.31. The van der Waals surface area contributed by atoms with Crippen LogP contribution in [0.2, 0.25) is 0 Å². The molecule has 0 aromatic carbocycles. The molecular formula is C10H21N3O2. The van der Waals surface area contributed by atoms with Crippen molar-refractivity contribution in [1.29, 1.82) is 0 Å². The fraction of sp³-hybridized carbons (Fsp3) is 0.800. The van der Waals surface area contributed by atoms with Crippen LogP contribution in [0, 0.1) is 0 Å². The van der Waals surface area contributed by atoms with E-state index in [9.17, 15) is 9.59 Å². The highest BCUT2D eigenvalue weighted by atomic mass is 16.2. The smallest absolute Gasteiger partial charge is 0.242 e. The molecule has 5 nitrogen and oxygen atoms in total. The number of likely N-dealkylation sites (N-methyl/N-ethyl adjacent to an activating group) is 1. The van der Waals surface area contributed by atoms with Crippen LogP contribution in [-0.2, 0) is 9.59 Å². The topological polar surface area (TPSA) is 70.2 Å². The van der Waals surface area contributed by atoms with E-state index in [4.69, 9.17) is 0 Å². The van der Waals surface area contributed by atoms with Gasteiger partial charge >= 0.3 is 0 Å². The average Bonchev–Trinajstić information content (AvgIpc) is 2.24. The standard InChI is InChI=1S/C10H21N3O2/c1-4-5-8(10(15)12-3)13-9(14)6-7-11-2/h8,11H,4-7H2,1-3H3,(H,12,15)(H,13,14). The second-order valence-electron chi connectivity index (χ2n) is 3.38. The van der Waals surface area contributed by atoms with Crippen LogP contribution >= 0.6 is 0 Å². The van der Waals surface area contributed by atoms with Crippen molar-refractivity contribution in [3.8, 4) is 0 Å². The predicted octanol–water partition coefficient (Wildman–Crippen LogP) is -0.373. The molecule has 0 rings (SSSR count). The molecule has 0 heterocycles. The summed E-state index contributed by atoms with van der Waals surface area (Å²) in [5.41, 5.74) is 0. The number of carbonyl (C=O) groups excluding carboxylic acids is 2. The van der Waals surface area contributed by atoms with Crippen LogP contribution in [0.1, 0.15) is 26.2 Å². The van der Waals surface area contributed by atoms with Gasteiger partial charge in [0.2, 0.25) is 11.8 Å². The number of hydrogen-bond donors (Lipinski definition) is 3. The maximum absolute atomic E-state index is 11.4. The molecule has 1 atom stereocenters. The zero-order valence-corrected chi connectivity index (χ0v) is 9.72. The van der Waals surface area contributed by atoms with Crippen molar-refractivity contribution in [3.05, 3.63) is 0 Å². The zero-order chi connectivity index (χ0) is 11.7. The molecule has 5 heteroatoms. The Morgan fingerprint density at radius 2 is 1.93 bits per heavy atom. The maximum atomic E-state index is 11.4. The minimum Gasteiger partial charge on any atom is -0.357 e. The number of nitrogens with one attached hydrogen (secondary N) is 3. The number of carbonyl (C=O) groups is 2. The highest BCUT2D eigenvalue weighted by Gasteiger charge is 2.17. The Morgan fingerprint density at radius 1 is 1.27 bits per heavy atom. The van der Waals surface area contributed by atoms with E-state index in [2.05, 4.69) is 16.0 Å². The third-order valence-electron chi connectivity index (χ3n) is 2.08. The molecular weight excluding hydrogens is 194 g/mol. The van der Waals surface area contributed by atoms with E-state index < -0.39 is 6.04 Å². The average molecular weight is 215 g/mol. The van der Waals surface area contributed by atoms with E-state index in [1.54, 1.807) is 14.1 Å². The van der Waals surface area contributed by atoms with Crippen LogP contribution in [0.5, 0.6) is 0 Å². The lowest BCUT2D eigenvalue weighted by atomic mass is 10.1. The quantitative estimate of drug-likeness (QED) is 0.542. The summed E-state index contributed by atoms with van der Waals surface area (Å²) in [4.78, 5) is 22.7. The van der Waals surface area contributed by atoms with Crippen LogP contribution in [-0.4, -0.2) is 38.5 Å². The second-order valence-corrected chi connectivity index (χ2v) is 3.38. The van der Waals surface area contributed by atoms with Gasteiger partial charge in [0, 0.05) is 20.0 Å². The van der Waals surface area contributed by atoms with Crippen molar-refractivity contribution in [2.45, 2.75) is 32.2 Å². The lowest BCUT2D eigenvalue weighted by Crippen LogP contribution is -2.46. The van der Waals surface area contributed by atoms with Gasteiger partial charge in [-0.15, -0.1) is 0 Å². The van der Waals surface area contributed by atoms with E-state index in [0.29, 0.717) is 19.4 Å². The molecule has 0 spiro atoms. The second kappa shape index (κ2) is 8.23. The molecule has 0 aliphatic carbocycles. The third kappa shape index (κ3) is 6.06. The van der Waals surface area contributed by atoms with Crippen LogP contribution in [0.25, 0.3) is 0 Å². The maximum Gasteiger partial charge on any atom is 0.242 e. The SMILES string of the molecule is CCCC(NC(=O)CCNC)C(=O)NC. The molecule has 0 saturated heterocycles. The van der Waals surface area contributed by atoms with E-state index in [0.717, 1.165) is 6.42 Å². The summed E-state index contributed by atoms with van der Waals surface area (Å²) in [5.74, 6) is -0.221. The monoisotopic (exact) mass is 215 g/mol. The molecule has 0 saturated carbocycles. The van der Waals surface area contributed by atoms with Crippen molar-refractivity contribution in [2.24, 2.45) is 0 Å². The minimum absolute atomic E-state index is 0.0913. The van der Waals surface area contributed by atoms with Crippen LogP contribution < -0.4 is 16.0 Å². The van der Waals surface area contributed by atoms with Crippen molar-refractivity contribution in [1.82, 2.24) is 16.0 Å². The predicted molar refractivity (Wildman–Crippen MR) is 59.4 cm³/mol. The van der Waals surface area contributed by atoms with Crippen molar-refractivity contribution in [2.75, 3.05) is 20.6 Å². The Balaban J connectivity index is 4.03. The summed E-state index contributed by atoms with van der Waals surface area (Å²) in [6, 6.07) is -0.399. The minimum atomic E-state index is -0.399. The van der Waals surface area contributed by atoms with E-state index in [1.165, 1.54) is 0 Å². The molecule has 0 aromatic rings. The van der Waals surface area contributed by atoms with Gasteiger partial charge in [-0.3, -0.25) is 9.59 Å². The highest BCUT2D eigenvalue weighted by molar-refractivity contribution is 5.87. The molecule has 0 aliphatic heterocycles. The molecule has 3 N–H and O–H groups in total. The first kappa shape index (κ1) is 13.9. The molecule has 2 amide bonds. The van der Waals surface area contributed by atoms with Crippen LogP contribution in [0.4, 0.5) is 0 Å². The molecule has 0 aromatic heterocycles. The molecule has 15 heavy (non-hydrogen) atoms. The Hall–Kier alpha value is -1.10. The molecule has 88 valence electrons. The summed E-state index contributed by atoms with van der Waals surface area (Å²) >= 11 is 0. The van der Waals surface area contributed by atoms with Crippen molar-refractivity contribution in [3.63, 3.8) is 0 Å². The van der Waals surface area contributed by atoms with E-state index >= 15 is 0 Å². The van der Waals surface area contributed by atoms with Gasteiger partial charge in [0.1, 0.15) is 6.04 Å². The lowest BCUT2D eigenvalue weighted by Gasteiger charge is -2.16. The lowest BCUT2D eigenvalue weighted by molar-refractivity contribution is -0.128. The number of rotatable bonds is 7. The number of hydrogen-bond acceptors (Lipinski definition) is 3. The Kier molecular flexibility index (Phi) is 7.62. The van der Waals surface area contributed by atoms with Crippen LogP contribution in [0.15, 0.2) is 0 Å². The number of amides is 2. The summed E-state index contributed by atoms with van der Waals surface area (Å²) in [6.07, 6.45) is 1.93. The summed E-state index contributed by atoms with van der Waals surface area (Å²) < 4.78 is 0. The summed E-state index contributed by atoms with van der Waals surface area (Å²) in [7, 11) is 3.36. The van der Waals surface area contributed by atoms with Gasteiger partial charge in [0.05, 0.1) is 0 Å². The van der Waals surface area contributed by atoms with E-state index in [-0.39, 0.29) is 11.8 Å². The Labute approximate surface area is 91.0 Å². The first-order valence-electron chi connectivity index (χ1n) is 5.31. The van der Waals surface area contributed by atoms with Crippen molar-refractivity contribution < 1.29 is 9.59 Å². The fourth-order valence-corrected chi connectivity index (χ4v) is 1.24. The zero-order valence-electron chi connectivity index (χ0n) is 9.72. The normalized spacial score (nSPS) is 11.9. The molecule has 0 aliphatic rings. The van der Waals surface area contributed by atoms with Gasteiger partial charge in [-0.05, 0) is 13.5 Å². The third-order valence-corrected chi connectivity index (χ3v) is 2.08. The van der Waals surface area contributed by atoms with Crippen LogP contribution in [0.3, 0.4) is 0 Å². The fourth-order valence-electron chi connectivity index (χ4n) is 1.24.